The second-order valence-corrected chi connectivity index (χ2v) is 7.77. The number of ether oxygens (including phenoxy) is 1. The summed E-state index contributed by atoms with van der Waals surface area (Å²) in [4.78, 5) is 13.7. The molecule has 3 atom stereocenters. The predicted octanol–water partition coefficient (Wildman–Crippen LogP) is 5.46. The van der Waals surface area contributed by atoms with E-state index in [9.17, 15) is 18.0 Å². The van der Waals surface area contributed by atoms with E-state index in [4.69, 9.17) is 10.5 Å². The molecule has 4 rings (SSSR count). The Labute approximate surface area is 204 Å². The Morgan fingerprint density at radius 3 is 2.55 bits per heavy atom. The van der Waals surface area contributed by atoms with Crippen LogP contribution in [0.5, 0.6) is 0 Å². The fourth-order valence-electron chi connectivity index (χ4n) is 4.17. The molecular weight excluding hydrogens is 614 g/mol. The summed E-state index contributed by atoms with van der Waals surface area (Å²) in [5.41, 5.74) is 8.55. The van der Waals surface area contributed by atoms with Gasteiger partial charge in [-0.15, -0.1) is 0 Å². The maximum atomic E-state index is 15.2. The summed E-state index contributed by atoms with van der Waals surface area (Å²) in [5.74, 6) is -5.16. The van der Waals surface area contributed by atoms with Crippen molar-refractivity contribution in [3.8, 4) is 11.1 Å². The van der Waals surface area contributed by atoms with Crippen LogP contribution in [0.4, 0.5) is 17.6 Å². The van der Waals surface area contributed by atoms with Crippen molar-refractivity contribution in [3.63, 3.8) is 0 Å². The van der Waals surface area contributed by atoms with Crippen LogP contribution in [0.25, 0.3) is 16.9 Å². The minimum Gasteiger partial charge on any atom is -0.668 e. The van der Waals surface area contributed by atoms with E-state index in [1.165, 1.54) is 30.3 Å². The molecule has 0 unspecified atom stereocenters. The summed E-state index contributed by atoms with van der Waals surface area (Å²) < 4.78 is 62.7. The van der Waals surface area contributed by atoms with E-state index in [1.807, 2.05) is 0 Å². The number of benzene rings is 2. The number of nitrogens with zero attached hydrogens (tertiary/aromatic N) is 1. The predicted molar refractivity (Wildman–Crippen MR) is 114 cm³/mol. The monoisotopic (exact) mass is 642 g/mol. The zero-order valence-corrected chi connectivity index (χ0v) is 20.7. The first kappa shape index (κ1) is 27.4. The van der Waals surface area contributed by atoms with Crippen molar-refractivity contribution < 1.29 is 46.9 Å². The molecular formula is C24H26F4N2O2Os+2. The summed E-state index contributed by atoms with van der Waals surface area (Å²) in [6, 6.07) is 6.84. The fourth-order valence-corrected chi connectivity index (χ4v) is 4.17. The van der Waals surface area contributed by atoms with Crippen molar-refractivity contribution in [1.29, 1.82) is 0 Å². The molecule has 2 aliphatic rings. The SMILES string of the molecule is [CH2-]C.[NH-][C@@H]1[C@H](Cc2cccc(-c3cccc(F)c3)c2F)N(C(=O)[C@H]2CCCO2)CC1(F)F.[Os+4]. The number of carbonyl (C=O) groups is 1. The van der Waals surface area contributed by atoms with E-state index in [1.54, 1.807) is 19.1 Å². The largest absolute Gasteiger partial charge is 4.00 e. The third-order valence-corrected chi connectivity index (χ3v) is 5.75. The molecule has 0 spiro atoms. The molecule has 2 saturated heterocycles. The third-order valence-electron chi connectivity index (χ3n) is 5.75. The number of likely N-dealkylation sites (tertiary alicyclic amines) is 1. The van der Waals surface area contributed by atoms with Crippen LogP contribution in [-0.2, 0) is 35.7 Å². The van der Waals surface area contributed by atoms with Crippen molar-refractivity contribution in [2.75, 3.05) is 13.2 Å². The van der Waals surface area contributed by atoms with E-state index < -0.39 is 48.2 Å². The van der Waals surface area contributed by atoms with Crippen molar-refractivity contribution in [2.24, 2.45) is 0 Å². The molecule has 0 bridgehead atoms. The standard InChI is InChI=1S/C22H21F4N2O2.C2H5.Os/c23-15-6-1-4-13(10-15)16-7-2-5-14(19(16)24)11-17-20(27)22(25,26)12-28(17)21(29)18-8-3-9-30-18;1-2;/h1-2,4-7,10,17-18,20,27H,3,8-9,11-12H2;1H2,2H3;/q2*-1;+4/t17-,18+,20+;;/m0../s1. The van der Waals surface area contributed by atoms with Crippen LogP contribution in [0, 0.1) is 18.6 Å². The normalized spacial score (nSPS) is 23.5. The Morgan fingerprint density at radius 2 is 1.91 bits per heavy atom. The Kier molecular flexibility index (Phi) is 9.60. The Balaban J connectivity index is 0.00000125. The van der Waals surface area contributed by atoms with Gasteiger partial charge in [0.15, 0.2) is 0 Å². The van der Waals surface area contributed by atoms with E-state index in [0.717, 1.165) is 4.90 Å². The van der Waals surface area contributed by atoms with Gasteiger partial charge in [0.2, 0.25) is 0 Å². The third kappa shape index (κ3) is 5.82. The van der Waals surface area contributed by atoms with E-state index in [0.29, 0.717) is 25.0 Å². The van der Waals surface area contributed by atoms with Crippen LogP contribution in [0.2, 0.25) is 0 Å². The number of rotatable bonds is 4. The minimum absolute atomic E-state index is 0. The maximum Gasteiger partial charge on any atom is 4.00 e. The second-order valence-electron chi connectivity index (χ2n) is 7.77. The van der Waals surface area contributed by atoms with Crippen molar-refractivity contribution in [3.05, 3.63) is 72.3 Å². The van der Waals surface area contributed by atoms with Gasteiger partial charge >= 0.3 is 19.8 Å². The number of halogens is 4. The molecule has 2 heterocycles. The molecule has 0 aromatic heterocycles. The van der Waals surface area contributed by atoms with Crippen LogP contribution in [-0.4, -0.2) is 48.1 Å². The van der Waals surface area contributed by atoms with Crippen LogP contribution in [0.1, 0.15) is 25.3 Å². The first-order valence-electron chi connectivity index (χ1n) is 10.5. The summed E-state index contributed by atoms with van der Waals surface area (Å²) >= 11 is 0. The molecule has 1 N–H and O–H groups in total. The van der Waals surface area contributed by atoms with Gasteiger partial charge in [-0.3, -0.25) is 4.79 Å². The van der Waals surface area contributed by atoms with Gasteiger partial charge in [-0.1, -0.05) is 30.3 Å². The van der Waals surface area contributed by atoms with Gasteiger partial charge in [-0.2, -0.15) is 6.92 Å². The van der Waals surface area contributed by atoms with E-state index in [2.05, 4.69) is 6.92 Å². The van der Waals surface area contributed by atoms with Gasteiger partial charge in [0, 0.05) is 18.2 Å². The zero-order valence-electron chi connectivity index (χ0n) is 18.1. The topological polar surface area (TPSA) is 53.3 Å². The van der Waals surface area contributed by atoms with Gasteiger partial charge in [-0.25, -0.2) is 17.6 Å². The molecule has 178 valence electrons. The number of carbonyl (C=O) groups excluding carboxylic acids is 1. The smallest absolute Gasteiger partial charge is 0.668 e. The first-order valence-corrected chi connectivity index (χ1v) is 10.5. The average Bonchev–Trinajstić information content (AvgIpc) is 3.39. The molecule has 2 aliphatic heterocycles. The molecule has 1 amide bonds. The minimum atomic E-state index is -3.39. The van der Waals surface area contributed by atoms with Crippen molar-refractivity contribution in [2.45, 2.75) is 50.3 Å². The van der Waals surface area contributed by atoms with Crippen LogP contribution >= 0.6 is 0 Å². The van der Waals surface area contributed by atoms with Crippen molar-refractivity contribution in [1.82, 2.24) is 4.90 Å². The molecule has 0 aliphatic carbocycles. The molecule has 0 saturated carbocycles. The summed E-state index contributed by atoms with van der Waals surface area (Å²) in [6.07, 6.45) is 0.0775. The Morgan fingerprint density at radius 1 is 1.21 bits per heavy atom. The second kappa shape index (κ2) is 11.5. The molecule has 2 aromatic carbocycles. The number of hydrogen-bond acceptors (Lipinski definition) is 2. The number of alkyl halides is 2. The molecule has 4 nitrogen and oxygen atoms in total. The van der Waals surface area contributed by atoms with Crippen LogP contribution in [0.15, 0.2) is 42.5 Å². The van der Waals surface area contributed by atoms with Crippen LogP contribution in [0.3, 0.4) is 0 Å². The number of nitrogens with one attached hydrogen (secondary N) is 1. The van der Waals surface area contributed by atoms with Gasteiger partial charge in [0.05, 0.1) is 6.54 Å². The van der Waals surface area contributed by atoms with Gasteiger partial charge in [-0.05, 0) is 48.6 Å². The number of amides is 1. The van der Waals surface area contributed by atoms with E-state index >= 15 is 4.39 Å². The fraction of sp³-hybridized carbons (Fsp3) is 0.417. The zero-order chi connectivity index (χ0) is 23.5. The molecule has 2 aromatic rings. The maximum absolute atomic E-state index is 15.2. The summed E-state index contributed by atoms with van der Waals surface area (Å²) in [6.45, 7) is 4.51. The average molecular weight is 641 g/mol. The van der Waals surface area contributed by atoms with E-state index in [-0.39, 0.29) is 37.3 Å². The first-order chi connectivity index (χ1) is 15.3. The van der Waals surface area contributed by atoms with Crippen molar-refractivity contribution >= 4 is 5.91 Å². The summed E-state index contributed by atoms with van der Waals surface area (Å²) in [7, 11) is 0. The Bertz CT molecular complexity index is 954. The molecule has 33 heavy (non-hydrogen) atoms. The van der Waals surface area contributed by atoms with Crippen LogP contribution < -0.4 is 0 Å². The van der Waals surface area contributed by atoms with Gasteiger partial charge in [0.1, 0.15) is 17.7 Å². The quantitative estimate of drug-likeness (QED) is 0.330. The number of hydrogen-bond donors (Lipinski definition) is 0. The molecule has 2 fully saturated rings. The molecule has 9 heteroatoms. The van der Waals surface area contributed by atoms with Gasteiger partial charge < -0.3 is 22.3 Å². The van der Waals surface area contributed by atoms with Gasteiger partial charge in [0.25, 0.3) is 11.8 Å². The molecule has 0 radical (unpaired) electrons. The summed E-state index contributed by atoms with van der Waals surface area (Å²) in [5, 5.41) is 0. The Hall–Kier alpha value is -1.81.